The molecule has 49 heavy (non-hydrogen) atoms. The van der Waals surface area contributed by atoms with E-state index in [9.17, 15) is 0 Å². The van der Waals surface area contributed by atoms with Gasteiger partial charge in [-0.1, -0.05) is 246 Å². The molecule has 0 spiro atoms. The number of benzene rings is 3. The zero-order valence-electron chi connectivity index (χ0n) is 36.9. The highest BCUT2D eigenvalue weighted by molar-refractivity contribution is 5.37. The Morgan fingerprint density at radius 3 is 0.673 bits per heavy atom. The molecule has 0 heterocycles. The van der Waals surface area contributed by atoms with E-state index in [2.05, 4.69) is 197 Å². The molecule has 0 N–H and O–H groups in total. The lowest BCUT2D eigenvalue weighted by atomic mass is 9.75. The predicted molar refractivity (Wildman–Crippen MR) is 232 cm³/mol. The van der Waals surface area contributed by atoms with Crippen molar-refractivity contribution in [1.82, 2.24) is 0 Å². The van der Waals surface area contributed by atoms with Gasteiger partial charge in [-0.05, 0) is 65.9 Å². The summed E-state index contributed by atoms with van der Waals surface area (Å²) in [6, 6.07) is 26.7. The summed E-state index contributed by atoms with van der Waals surface area (Å²) < 4.78 is 0. The standard InChI is InChI=1S/3C14H22.3C2H6.CH4/c1-13(2,3)11-7-9-12(10-8-11)14(4,5)6;1-13(2,3)11-8-7-9-12(10-11)14(4,5)6;1-13(2,3)11-9-7-8-10-12(11)14(4,5)6;3*1-2;/h3*7-10H,1-6H3;3*1-2H3;1H4. The second-order valence-electron chi connectivity index (χ2n) is 18.2. The average Bonchev–Trinajstić information content (AvgIpc) is 2.98. The van der Waals surface area contributed by atoms with E-state index in [1.54, 1.807) is 0 Å². The molecule has 0 aliphatic carbocycles. The largest absolute Gasteiger partial charge is 0.0776 e. The first kappa shape index (κ1) is 53.5. The highest BCUT2D eigenvalue weighted by atomic mass is 14.3. The third kappa shape index (κ3) is 20.8. The molecule has 0 atom stereocenters. The summed E-state index contributed by atoms with van der Waals surface area (Å²) in [6.07, 6.45) is 0. The van der Waals surface area contributed by atoms with E-state index in [0.717, 1.165) is 0 Å². The number of hydrogen-bond donors (Lipinski definition) is 0. The lowest BCUT2D eigenvalue weighted by Gasteiger charge is -2.29. The zero-order chi connectivity index (χ0) is 38.9. The zero-order valence-corrected chi connectivity index (χ0v) is 36.9. The second kappa shape index (κ2) is 22.5. The van der Waals surface area contributed by atoms with Crippen molar-refractivity contribution in [2.24, 2.45) is 0 Å². The molecule has 3 aromatic carbocycles. The monoisotopic (exact) mass is 677 g/mol. The van der Waals surface area contributed by atoms with Gasteiger partial charge < -0.3 is 0 Å². The smallest absolute Gasteiger partial charge is 0.0129 e. The Balaban J connectivity index is -0.000000284. The van der Waals surface area contributed by atoms with Gasteiger partial charge in [0.05, 0.1) is 0 Å². The fourth-order valence-electron chi connectivity index (χ4n) is 4.71. The van der Waals surface area contributed by atoms with Gasteiger partial charge in [0.1, 0.15) is 0 Å². The molecule has 0 saturated carbocycles. The summed E-state index contributed by atoms with van der Waals surface area (Å²) in [7, 11) is 0. The van der Waals surface area contributed by atoms with E-state index >= 15 is 0 Å². The van der Waals surface area contributed by atoms with Gasteiger partial charge in [-0.15, -0.1) is 0 Å². The molecule has 3 rings (SSSR count). The van der Waals surface area contributed by atoms with Crippen LogP contribution in [0.25, 0.3) is 0 Å². The van der Waals surface area contributed by atoms with Crippen molar-refractivity contribution in [2.75, 3.05) is 0 Å². The minimum absolute atomic E-state index is 0. The Morgan fingerprint density at radius 1 is 0.265 bits per heavy atom. The molecule has 0 heteroatoms. The van der Waals surface area contributed by atoms with E-state index in [1.165, 1.54) is 33.4 Å². The van der Waals surface area contributed by atoms with Crippen LogP contribution in [0.1, 0.15) is 207 Å². The van der Waals surface area contributed by atoms with Gasteiger partial charge in [-0.25, -0.2) is 0 Å². The lowest BCUT2D eigenvalue weighted by Crippen LogP contribution is -2.21. The SMILES string of the molecule is C.CC.CC.CC.CC(C)(C)c1ccc(C(C)(C)C)cc1.CC(C)(C)c1cccc(C(C)(C)C)c1.CC(C)(C)c1ccccc1C(C)(C)C. The van der Waals surface area contributed by atoms with Crippen LogP contribution in [0, 0.1) is 0 Å². The van der Waals surface area contributed by atoms with E-state index in [0.29, 0.717) is 0 Å². The third-order valence-electron chi connectivity index (χ3n) is 7.75. The first-order chi connectivity index (χ1) is 21.6. The summed E-state index contributed by atoms with van der Waals surface area (Å²) in [5.41, 5.74) is 10.1. The van der Waals surface area contributed by atoms with Gasteiger partial charge >= 0.3 is 0 Å². The fraction of sp³-hybridized carbons (Fsp3) is 0.633. The summed E-state index contributed by atoms with van der Waals surface area (Å²) in [4.78, 5) is 0. The summed E-state index contributed by atoms with van der Waals surface area (Å²) in [5.74, 6) is 0. The maximum absolute atomic E-state index is 2.33. The third-order valence-corrected chi connectivity index (χ3v) is 7.75. The van der Waals surface area contributed by atoms with E-state index in [4.69, 9.17) is 0 Å². The highest BCUT2D eigenvalue weighted by Gasteiger charge is 2.24. The average molecular weight is 677 g/mol. The van der Waals surface area contributed by atoms with Crippen LogP contribution >= 0.6 is 0 Å². The summed E-state index contributed by atoms with van der Waals surface area (Å²) >= 11 is 0. The molecule has 0 saturated heterocycles. The molecule has 0 unspecified atom stereocenters. The van der Waals surface area contributed by atoms with Crippen LogP contribution in [0.4, 0.5) is 0 Å². The minimum Gasteiger partial charge on any atom is -0.0776 e. The molecule has 0 fully saturated rings. The van der Waals surface area contributed by atoms with Crippen LogP contribution in [0.5, 0.6) is 0 Å². The lowest BCUT2D eigenvalue weighted by molar-refractivity contribution is 0.530. The van der Waals surface area contributed by atoms with Gasteiger partial charge in [0.25, 0.3) is 0 Å². The molecule has 0 aromatic heterocycles. The van der Waals surface area contributed by atoms with Gasteiger partial charge in [-0.2, -0.15) is 0 Å². The Kier molecular flexibility index (Phi) is 24.5. The number of hydrogen-bond acceptors (Lipinski definition) is 0. The Bertz CT molecular complexity index is 1130. The quantitative estimate of drug-likeness (QED) is 0.222. The Labute approximate surface area is 311 Å². The van der Waals surface area contributed by atoms with Gasteiger partial charge in [-0.3, -0.25) is 0 Å². The fourth-order valence-corrected chi connectivity index (χ4v) is 4.71. The van der Waals surface area contributed by atoms with Crippen molar-refractivity contribution in [2.45, 2.75) is 206 Å². The van der Waals surface area contributed by atoms with Crippen molar-refractivity contribution >= 4 is 0 Å². The molecule has 0 amide bonds. The van der Waals surface area contributed by atoms with Crippen LogP contribution in [-0.2, 0) is 32.5 Å². The van der Waals surface area contributed by atoms with Crippen molar-refractivity contribution < 1.29 is 0 Å². The van der Waals surface area contributed by atoms with Gasteiger partial charge in [0, 0.05) is 0 Å². The van der Waals surface area contributed by atoms with Gasteiger partial charge in [0.2, 0.25) is 0 Å². The van der Waals surface area contributed by atoms with E-state index in [1.807, 2.05) is 41.5 Å². The minimum atomic E-state index is 0. The molecular weight excluding hydrogens is 589 g/mol. The van der Waals surface area contributed by atoms with Crippen molar-refractivity contribution in [1.29, 1.82) is 0 Å². The second-order valence-corrected chi connectivity index (χ2v) is 18.2. The maximum Gasteiger partial charge on any atom is -0.0129 e. The predicted octanol–water partition coefficient (Wildman–Crippen LogP) is 16.6. The summed E-state index contributed by atoms with van der Waals surface area (Å²) in [5, 5.41) is 0. The maximum atomic E-state index is 2.33. The van der Waals surface area contributed by atoms with Crippen molar-refractivity contribution in [3.05, 3.63) is 106 Å². The molecule has 284 valence electrons. The molecule has 0 bridgehead atoms. The van der Waals surface area contributed by atoms with Crippen molar-refractivity contribution in [3.8, 4) is 0 Å². The Hall–Kier alpha value is -2.34. The topological polar surface area (TPSA) is 0 Å². The highest BCUT2D eigenvalue weighted by Crippen LogP contribution is 2.33. The normalized spacial score (nSPS) is 11.5. The van der Waals surface area contributed by atoms with Crippen LogP contribution in [0.2, 0.25) is 0 Å². The summed E-state index contributed by atoms with van der Waals surface area (Å²) in [6.45, 7) is 52.7. The molecule has 0 aliphatic rings. The van der Waals surface area contributed by atoms with Gasteiger partial charge in [0.15, 0.2) is 0 Å². The van der Waals surface area contributed by atoms with Crippen LogP contribution < -0.4 is 0 Å². The molecular formula is C49H88. The van der Waals surface area contributed by atoms with Crippen molar-refractivity contribution in [3.63, 3.8) is 0 Å². The molecule has 0 aliphatic heterocycles. The number of rotatable bonds is 0. The molecule has 3 aromatic rings. The van der Waals surface area contributed by atoms with E-state index in [-0.39, 0.29) is 39.9 Å². The molecule has 0 nitrogen and oxygen atoms in total. The Morgan fingerprint density at radius 2 is 0.490 bits per heavy atom. The van der Waals surface area contributed by atoms with E-state index < -0.39 is 0 Å². The first-order valence-electron chi connectivity index (χ1n) is 19.0. The van der Waals surface area contributed by atoms with Crippen LogP contribution in [-0.4, -0.2) is 0 Å². The molecule has 0 radical (unpaired) electrons. The first-order valence-corrected chi connectivity index (χ1v) is 19.0. The van der Waals surface area contributed by atoms with Crippen LogP contribution in [0.15, 0.2) is 72.8 Å². The van der Waals surface area contributed by atoms with Crippen LogP contribution in [0.3, 0.4) is 0 Å².